The van der Waals surface area contributed by atoms with Crippen LogP contribution in [0.2, 0.25) is 5.02 Å². The molecule has 0 radical (unpaired) electrons. The van der Waals surface area contributed by atoms with E-state index in [2.05, 4.69) is 10.6 Å². The van der Waals surface area contributed by atoms with Crippen LogP contribution in [0.1, 0.15) is 56.8 Å². The van der Waals surface area contributed by atoms with Crippen LogP contribution in [0, 0.1) is 11.8 Å². The lowest BCUT2D eigenvalue weighted by molar-refractivity contribution is -0.165. The minimum absolute atomic E-state index is 0.0139. The molecule has 4 rings (SSSR count). The van der Waals surface area contributed by atoms with Crippen molar-refractivity contribution in [1.29, 1.82) is 0 Å². The molecule has 2 aliphatic heterocycles. The van der Waals surface area contributed by atoms with Crippen LogP contribution in [0.3, 0.4) is 0 Å². The van der Waals surface area contributed by atoms with Crippen molar-refractivity contribution in [2.75, 3.05) is 12.3 Å². The van der Waals surface area contributed by atoms with Gasteiger partial charge in [0.1, 0.15) is 18.1 Å². The highest BCUT2D eigenvalue weighted by Crippen LogP contribution is 2.43. The third-order valence-electron chi connectivity index (χ3n) is 7.21. The van der Waals surface area contributed by atoms with E-state index in [1.165, 1.54) is 12.1 Å². The van der Waals surface area contributed by atoms with E-state index in [9.17, 15) is 19.2 Å². The van der Waals surface area contributed by atoms with Gasteiger partial charge in [0.15, 0.2) is 0 Å². The number of halogens is 1. The number of esters is 1. The summed E-state index contributed by atoms with van der Waals surface area (Å²) in [4.78, 5) is 53.6. The number of anilines is 1. The zero-order valence-corrected chi connectivity index (χ0v) is 21.4. The van der Waals surface area contributed by atoms with Gasteiger partial charge < -0.3 is 30.7 Å². The molecule has 1 aromatic rings. The third kappa shape index (κ3) is 5.15. The molecule has 1 aromatic carbocycles. The van der Waals surface area contributed by atoms with Gasteiger partial charge in [-0.2, -0.15) is 0 Å². The van der Waals surface area contributed by atoms with Gasteiger partial charge in [-0.25, -0.2) is 0 Å². The minimum Gasteiger partial charge on any atom is -0.433 e. The number of hydrogen-bond acceptors (Lipinski definition) is 7. The smallest absolute Gasteiger partial charge is 0.310 e. The summed E-state index contributed by atoms with van der Waals surface area (Å²) in [6, 6.07) is 2.34. The Kier molecular flexibility index (Phi) is 7.75. The molecule has 1 saturated carbocycles. The number of cyclic esters (lactones) is 1. The van der Waals surface area contributed by atoms with Gasteiger partial charge in [0.25, 0.3) is 5.91 Å². The fourth-order valence-corrected chi connectivity index (χ4v) is 5.63. The van der Waals surface area contributed by atoms with Crippen LogP contribution >= 0.6 is 11.6 Å². The molecular formula is C25H33ClN4O6. The molecule has 4 N–H and O–H groups in total. The summed E-state index contributed by atoms with van der Waals surface area (Å²) < 4.78 is 10.6. The second kappa shape index (κ2) is 10.6. The molecule has 36 heavy (non-hydrogen) atoms. The van der Waals surface area contributed by atoms with Gasteiger partial charge in [-0.05, 0) is 56.2 Å². The van der Waals surface area contributed by atoms with Crippen LogP contribution in [0.15, 0.2) is 18.2 Å². The average molecular weight is 521 g/mol. The summed E-state index contributed by atoms with van der Waals surface area (Å²) in [5, 5.41) is 5.97. The first-order valence-electron chi connectivity index (χ1n) is 12.4. The molecule has 196 valence electrons. The molecule has 3 aliphatic rings. The van der Waals surface area contributed by atoms with E-state index in [0.717, 1.165) is 19.3 Å². The van der Waals surface area contributed by atoms with E-state index in [1.807, 2.05) is 13.8 Å². The van der Waals surface area contributed by atoms with Crippen LogP contribution in [-0.4, -0.2) is 65.7 Å². The van der Waals surface area contributed by atoms with Crippen molar-refractivity contribution in [2.24, 2.45) is 11.8 Å². The number of nitrogen functional groups attached to an aromatic ring is 1. The van der Waals surface area contributed by atoms with Gasteiger partial charge in [-0.1, -0.05) is 25.4 Å². The lowest BCUT2D eigenvalue weighted by atomic mass is 9.95. The van der Waals surface area contributed by atoms with Crippen molar-refractivity contribution in [1.82, 2.24) is 15.5 Å². The second-order valence-corrected chi connectivity index (χ2v) is 10.4. The molecule has 2 saturated heterocycles. The SMILES string of the molecule is CCO[C@@H]1OC(=O)C[C@H]1NC(=O)[C@@H]1[C@@H]2CC[C@@H](C2)N1C(=O)[C@@H](NC(=O)c1ccc(N)c(Cl)c1)C(C)C. The number of nitrogens with one attached hydrogen (secondary N) is 2. The van der Waals surface area contributed by atoms with Crippen LogP contribution in [0.5, 0.6) is 0 Å². The average Bonchev–Trinajstić information content (AvgIpc) is 3.53. The summed E-state index contributed by atoms with van der Waals surface area (Å²) in [5.74, 6) is -1.73. The summed E-state index contributed by atoms with van der Waals surface area (Å²) >= 11 is 6.07. The number of fused-ring (bicyclic) bond motifs is 2. The molecule has 10 nitrogen and oxygen atoms in total. The Morgan fingerprint density at radius 3 is 2.69 bits per heavy atom. The van der Waals surface area contributed by atoms with E-state index in [-0.39, 0.29) is 46.7 Å². The Labute approximate surface area is 215 Å². The fraction of sp³-hybridized carbons (Fsp3) is 0.600. The van der Waals surface area contributed by atoms with Crippen LogP contribution in [0.4, 0.5) is 5.69 Å². The van der Waals surface area contributed by atoms with Crippen molar-refractivity contribution < 1.29 is 28.7 Å². The summed E-state index contributed by atoms with van der Waals surface area (Å²) in [6.45, 7) is 5.80. The number of nitrogens with zero attached hydrogens (tertiary/aromatic N) is 1. The number of hydrogen-bond donors (Lipinski definition) is 3. The second-order valence-electron chi connectivity index (χ2n) is 9.98. The lowest BCUT2D eigenvalue weighted by Gasteiger charge is -2.38. The number of carbonyl (C=O) groups excluding carboxylic acids is 4. The van der Waals surface area contributed by atoms with E-state index in [0.29, 0.717) is 12.3 Å². The number of benzene rings is 1. The van der Waals surface area contributed by atoms with Gasteiger partial charge in [-0.15, -0.1) is 0 Å². The number of ether oxygens (including phenoxy) is 2. The molecule has 2 bridgehead atoms. The Bertz CT molecular complexity index is 1050. The summed E-state index contributed by atoms with van der Waals surface area (Å²) in [5.41, 5.74) is 6.39. The highest BCUT2D eigenvalue weighted by molar-refractivity contribution is 6.33. The number of amides is 3. The van der Waals surface area contributed by atoms with E-state index >= 15 is 0 Å². The van der Waals surface area contributed by atoms with Crippen molar-refractivity contribution >= 4 is 41.0 Å². The predicted molar refractivity (Wildman–Crippen MR) is 132 cm³/mol. The normalized spacial score (nSPS) is 27.8. The summed E-state index contributed by atoms with van der Waals surface area (Å²) in [7, 11) is 0. The molecule has 11 heteroatoms. The first-order valence-corrected chi connectivity index (χ1v) is 12.8. The molecule has 0 aromatic heterocycles. The largest absolute Gasteiger partial charge is 0.433 e. The first kappa shape index (κ1) is 26.2. The van der Waals surface area contributed by atoms with Crippen LogP contribution in [0.25, 0.3) is 0 Å². The molecule has 3 amide bonds. The Morgan fingerprint density at radius 1 is 1.28 bits per heavy atom. The monoisotopic (exact) mass is 520 g/mol. The molecule has 0 spiro atoms. The number of rotatable bonds is 8. The predicted octanol–water partition coefficient (Wildman–Crippen LogP) is 1.85. The minimum atomic E-state index is -0.844. The molecule has 1 aliphatic carbocycles. The maximum atomic E-state index is 13.8. The van der Waals surface area contributed by atoms with Crippen LogP contribution < -0.4 is 16.4 Å². The quantitative estimate of drug-likeness (QED) is 0.351. The Balaban J connectivity index is 1.51. The zero-order chi connectivity index (χ0) is 26.1. The number of nitrogens with two attached hydrogens (primary N) is 1. The molecule has 2 heterocycles. The fourth-order valence-electron chi connectivity index (χ4n) is 5.45. The third-order valence-corrected chi connectivity index (χ3v) is 7.54. The van der Waals surface area contributed by atoms with Crippen molar-refractivity contribution in [2.45, 2.75) is 76.9 Å². The Hall–Kier alpha value is -2.85. The lowest BCUT2D eigenvalue weighted by Crippen LogP contribution is -2.60. The van der Waals surface area contributed by atoms with E-state index in [4.69, 9.17) is 26.8 Å². The topological polar surface area (TPSA) is 140 Å². The highest BCUT2D eigenvalue weighted by atomic mass is 35.5. The maximum Gasteiger partial charge on any atom is 0.310 e. The number of piperidine rings is 1. The molecular weight excluding hydrogens is 488 g/mol. The summed E-state index contributed by atoms with van der Waals surface area (Å²) in [6.07, 6.45) is 1.54. The zero-order valence-electron chi connectivity index (χ0n) is 20.7. The van der Waals surface area contributed by atoms with Crippen molar-refractivity contribution in [3.8, 4) is 0 Å². The highest BCUT2D eigenvalue weighted by Gasteiger charge is 2.53. The first-order chi connectivity index (χ1) is 17.1. The number of carbonyl (C=O) groups is 4. The molecule has 6 atom stereocenters. The van der Waals surface area contributed by atoms with E-state index in [1.54, 1.807) is 17.9 Å². The van der Waals surface area contributed by atoms with Gasteiger partial charge in [0.2, 0.25) is 18.1 Å². The maximum absolute atomic E-state index is 13.8. The van der Waals surface area contributed by atoms with Crippen molar-refractivity contribution in [3.05, 3.63) is 28.8 Å². The molecule has 3 fully saturated rings. The van der Waals surface area contributed by atoms with Crippen molar-refractivity contribution in [3.63, 3.8) is 0 Å². The van der Waals surface area contributed by atoms with Gasteiger partial charge in [0, 0.05) is 18.2 Å². The van der Waals surface area contributed by atoms with Gasteiger partial charge in [0.05, 0.1) is 17.1 Å². The van der Waals surface area contributed by atoms with E-state index < -0.39 is 36.3 Å². The number of likely N-dealkylation sites (tertiary alicyclic amines) is 1. The standard InChI is InChI=1S/C25H33ClN4O6/c1-4-35-25-18(11-19(31)36-25)28-23(33)21-13-5-7-15(9-13)30(21)24(34)20(12(2)3)29-22(32)14-6-8-17(27)16(26)10-14/h6,8,10,12-13,15,18,20-21,25H,4-5,7,9,11,27H2,1-3H3,(H,28,33)(H,29,32)/t13-,15+,18-,20+,21+,25-/m1/s1. The van der Waals surface area contributed by atoms with Crippen LogP contribution in [-0.2, 0) is 23.9 Å². The van der Waals surface area contributed by atoms with Gasteiger partial charge >= 0.3 is 5.97 Å². The molecule has 0 unspecified atom stereocenters. The Morgan fingerprint density at radius 2 is 2.03 bits per heavy atom. The van der Waals surface area contributed by atoms with Gasteiger partial charge in [-0.3, -0.25) is 19.2 Å².